The highest BCUT2D eigenvalue weighted by atomic mass is 79.9. The van der Waals surface area contributed by atoms with E-state index in [0.717, 1.165) is 48.1 Å². The van der Waals surface area contributed by atoms with Crippen LogP contribution in [-0.2, 0) is 0 Å². The van der Waals surface area contributed by atoms with Crippen molar-refractivity contribution >= 4 is 15.9 Å². The van der Waals surface area contributed by atoms with Gasteiger partial charge in [-0.25, -0.2) is 4.39 Å². The molecule has 1 aromatic rings. The van der Waals surface area contributed by atoms with E-state index in [2.05, 4.69) is 21.2 Å². The monoisotopic (exact) mass is 313 g/mol. The van der Waals surface area contributed by atoms with Gasteiger partial charge in [0.2, 0.25) is 0 Å². The molecule has 1 aliphatic heterocycles. The molecule has 0 aromatic heterocycles. The van der Waals surface area contributed by atoms with Gasteiger partial charge in [0.25, 0.3) is 0 Å². The Morgan fingerprint density at radius 2 is 2.11 bits per heavy atom. The number of hydrogen-bond acceptors (Lipinski definition) is 2. The molecule has 2 nitrogen and oxygen atoms in total. The van der Waals surface area contributed by atoms with E-state index < -0.39 is 0 Å². The number of hydrogen-bond donors (Lipinski definition) is 1. The van der Waals surface area contributed by atoms with Crippen LogP contribution < -0.4 is 10.1 Å². The molecule has 98 valence electrons. The zero-order valence-corrected chi connectivity index (χ0v) is 11.8. The SMILES string of the molecule is Fc1cc(Br)c(OC2CCC2)c(C2CCNC2)c1. The minimum Gasteiger partial charge on any atom is -0.489 e. The minimum absolute atomic E-state index is 0.190. The molecule has 0 bridgehead atoms. The van der Waals surface area contributed by atoms with Gasteiger partial charge >= 0.3 is 0 Å². The van der Waals surface area contributed by atoms with Gasteiger partial charge in [-0.05, 0) is 60.3 Å². The van der Waals surface area contributed by atoms with Gasteiger partial charge in [0, 0.05) is 18.0 Å². The van der Waals surface area contributed by atoms with Gasteiger partial charge in [0.05, 0.1) is 10.6 Å². The molecule has 2 aliphatic rings. The molecular weight excluding hydrogens is 297 g/mol. The second kappa shape index (κ2) is 5.17. The summed E-state index contributed by atoms with van der Waals surface area (Å²) in [5.41, 5.74) is 1.01. The standard InChI is InChI=1S/C14H17BrFNO/c15-13-7-10(16)6-12(9-4-5-17-8-9)14(13)18-11-2-1-3-11/h6-7,9,11,17H,1-5,8H2. The van der Waals surface area contributed by atoms with Crippen LogP contribution in [0.25, 0.3) is 0 Å². The third-order valence-electron chi connectivity index (χ3n) is 3.87. The summed E-state index contributed by atoms with van der Waals surface area (Å²) in [6.07, 6.45) is 4.85. The summed E-state index contributed by atoms with van der Waals surface area (Å²) in [5.74, 6) is 1.03. The van der Waals surface area contributed by atoms with Crippen molar-refractivity contribution in [1.29, 1.82) is 0 Å². The van der Waals surface area contributed by atoms with Crippen LogP contribution >= 0.6 is 15.9 Å². The van der Waals surface area contributed by atoms with Crippen molar-refractivity contribution < 1.29 is 9.13 Å². The highest BCUT2D eigenvalue weighted by molar-refractivity contribution is 9.10. The molecule has 0 radical (unpaired) electrons. The van der Waals surface area contributed by atoms with Crippen molar-refractivity contribution in [1.82, 2.24) is 5.32 Å². The van der Waals surface area contributed by atoms with Crippen LogP contribution in [0.2, 0.25) is 0 Å². The fraction of sp³-hybridized carbons (Fsp3) is 0.571. The fourth-order valence-electron chi connectivity index (χ4n) is 2.58. The summed E-state index contributed by atoms with van der Waals surface area (Å²) in [6.45, 7) is 1.92. The summed E-state index contributed by atoms with van der Waals surface area (Å²) < 4.78 is 20.4. The lowest BCUT2D eigenvalue weighted by atomic mass is 9.94. The van der Waals surface area contributed by atoms with Gasteiger partial charge in [0.1, 0.15) is 11.6 Å². The average Bonchev–Trinajstić information content (AvgIpc) is 2.77. The van der Waals surface area contributed by atoms with Gasteiger partial charge in [-0.3, -0.25) is 0 Å². The Bertz CT molecular complexity index is 442. The molecule has 1 aliphatic carbocycles. The van der Waals surface area contributed by atoms with Gasteiger partial charge in [0.15, 0.2) is 0 Å². The van der Waals surface area contributed by atoms with Crippen LogP contribution in [0.4, 0.5) is 4.39 Å². The van der Waals surface area contributed by atoms with Crippen LogP contribution in [0.15, 0.2) is 16.6 Å². The third-order valence-corrected chi connectivity index (χ3v) is 4.46. The number of rotatable bonds is 3. The molecule has 1 atom stereocenters. The van der Waals surface area contributed by atoms with E-state index in [4.69, 9.17) is 4.74 Å². The Morgan fingerprint density at radius 1 is 1.28 bits per heavy atom. The molecule has 1 N–H and O–H groups in total. The largest absolute Gasteiger partial charge is 0.489 e. The number of benzene rings is 1. The molecule has 18 heavy (non-hydrogen) atoms. The molecule has 0 spiro atoms. The highest BCUT2D eigenvalue weighted by Gasteiger charge is 2.26. The van der Waals surface area contributed by atoms with Crippen molar-refractivity contribution in [3.05, 3.63) is 28.0 Å². The van der Waals surface area contributed by atoms with Crippen molar-refractivity contribution in [2.45, 2.75) is 37.7 Å². The Hall–Kier alpha value is -0.610. The Balaban J connectivity index is 1.92. The van der Waals surface area contributed by atoms with Crippen LogP contribution in [0, 0.1) is 5.82 Å². The second-order valence-electron chi connectivity index (χ2n) is 5.17. The maximum Gasteiger partial charge on any atom is 0.137 e. The first-order valence-electron chi connectivity index (χ1n) is 6.60. The summed E-state index contributed by atoms with van der Waals surface area (Å²) in [6, 6.07) is 3.14. The molecule has 1 aromatic carbocycles. The van der Waals surface area contributed by atoms with E-state index in [-0.39, 0.29) is 5.82 Å². The fourth-order valence-corrected chi connectivity index (χ4v) is 3.12. The maximum absolute atomic E-state index is 13.6. The van der Waals surface area contributed by atoms with Crippen LogP contribution in [0.5, 0.6) is 5.75 Å². The van der Waals surface area contributed by atoms with E-state index in [9.17, 15) is 4.39 Å². The first-order valence-corrected chi connectivity index (χ1v) is 7.39. The molecule has 3 rings (SSSR count). The van der Waals surface area contributed by atoms with Crippen LogP contribution in [0.1, 0.15) is 37.2 Å². The molecule has 0 amide bonds. The topological polar surface area (TPSA) is 21.3 Å². The van der Waals surface area contributed by atoms with Crippen molar-refractivity contribution in [3.63, 3.8) is 0 Å². The zero-order valence-electron chi connectivity index (χ0n) is 10.2. The minimum atomic E-state index is -0.190. The predicted octanol–water partition coefficient (Wildman–Crippen LogP) is 3.60. The Kier molecular flexibility index (Phi) is 3.57. The smallest absolute Gasteiger partial charge is 0.137 e. The van der Waals surface area contributed by atoms with E-state index >= 15 is 0 Å². The number of halogens is 2. The Labute approximate surface area is 115 Å². The summed E-state index contributed by atoms with van der Waals surface area (Å²) in [5, 5.41) is 3.32. The molecule has 1 saturated carbocycles. The summed E-state index contributed by atoms with van der Waals surface area (Å²) in [4.78, 5) is 0. The van der Waals surface area contributed by atoms with Crippen molar-refractivity contribution in [2.75, 3.05) is 13.1 Å². The van der Waals surface area contributed by atoms with E-state index in [1.165, 1.54) is 12.5 Å². The van der Waals surface area contributed by atoms with Crippen LogP contribution in [0.3, 0.4) is 0 Å². The lowest BCUT2D eigenvalue weighted by Crippen LogP contribution is -2.25. The Morgan fingerprint density at radius 3 is 2.72 bits per heavy atom. The molecule has 4 heteroatoms. The van der Waals surface area contributed by atoms with Gasteiger partial charge in [-0.1, -0.05) is 0 Å². The summed E-state index contributed by atoms with van der Waals surface area (Å²) in [7, 11) is 0. The number of ether oxygens (including phenoxy) is 1. The normalized spacial score (nSPS) is 24.0. The third kappa shape index (κ3) is 2.41. The lowest BCUT2D eigenvalue weighted by molar-refractivity contribution is 0.117. The molecular formula is C14H17BrFNO. The van der Waals surface area contributed by atoms with E-state index in [1.54, 1.807) is 6.07 Å². The zero-order chi connectivity index (χ0) is 12.5. The maximum atomic E-state index is 13.6. The molecule has 1 unspecified atom stereocenters. The second-order valence-corrected chi connectivity index (χ2v) is 6.02. The van der Waals surface area contributed by atoms with Gasteiger partial charge < -0.3 is 10.1 Å². The molecule has 1 heterocycles. The first kappa shape index (κ1) is 12.4. The predicted molar refractivity (Wildman–Crippen MR) is 72.6 cm³/mol. The highest BCUT2D eigenvalue weighted by Crippen LogP contribution is 2.39. The first-order chi connectivity index (χ1) is 8.74. The van der Waals surface area contributed by atoms with Gasteiger partial charge in [-0.15, -0.1) is 0 Å². The van der Waals surface area contributed by atoms with E-state index in [0.29, 0.717) is 12.0 Å². The lowest BCUT2D eigenvalue weighted by Gasteiger charge is -2.29. The summed E-state index contributed by atoms with van der Waals surface area (Å²) >= 11 is 3.44. The van der Waals surface area contributed by atoms with E-state index in [1.807, 2.05) is 0 Å². The quantitative estimate of drug-likeness (QED) is 0.920. The number of nitrogens with one attached hydrogen (secondary N) is 1. The average molecular weight is 314 g/mol. The van der Waals surface area contributed by atoms with Crippen molar-refractivity contribution in [2.24, 2.45) is 0 Å². The molecule has 1 saturated heterocycles. The van der Waals surface area contributed by atoms with Gasteiger partial charge in [-0.2, -0.15) is 0 Å². The molecule has 2 fully saturated rings. The van der Waals surface area contributed by atoms with Crippen molar-refractivity contribution in [3.8, 4) is 5.75 Å². The van der Waals surface area contributed by atoms with Crippen LogP contribution in [-0.4, -0.2) is 19.2 Å².